The predicted molar refractivity (Wildman–Crippen MR) is 102 cm³/mol. The Morgan fingerprint density at radius 1 is 1.17 bits per heavy atom. The summed E-state index contributed by atoms with van der Waals surface area (Å²) >= 11 is 0. The quantitative estimate of drug-likeness (QED) is 0.473. The number of hydrogen-bond acceptors (Lipinski definition) is 3. The van der Waals surface area contributed by atoms with Crippen LogP contribution in [0.15, 0.2) is 35.3 Å². The van der Waals surface area contributed by atoms with Crippen LogP contribution in [0.25, 0.3) is 0 Å². The highest BCUT2D eigenvalue weighted by molar-refractivity contribution is 5.80. The Kier molecular flexibility index (Phi) is 7.89. The fourth-order valence-corrected chi connectivity index (χ4v) is 2.84. The number of guanidine groups is 1. The lowest BCUT2D eigenvalue weighted by Crippen LogP contribution is -2.52. The van der Waals surface area contributed by atoms with Crippen LogP contribution in [0.4, 0.5) is 5.69 Å². The van der Waals surface area contributed by atoms with Gasteiger partial charge in [0.25, 0.3) is 0 Å². The minimum atomic E-state index is 0.603. The number of rotatable bonds is 7. The second-order valence-corrected chi connectivity index (χ2v) is 6.61. The van der Waals surface area contributed by atoms with Gasteiger partial charge in [-0.05, 0) is 24.5 Å². The molecule has 0 saturated carbocycles. The maximum Gasteiger partial charge on any atom is 0.193 e. The molecule has 0 bridgehead atoms. The molecule has 1 fully saturated rings. The van der Waals surface area contributed by atoms with Crippen molar-refractivity contribution in [1.82, 2.24) is 10.2 Å². The number of aliphatic imine (C=N–C) groups is 1. The van der Waals surface area contributed by atoms with E-state index in [2.05, 4.69) is 64.3 Å². The second-order valence-electron chi connectivity index (χ2n) is 6.61. The maximum atomic E-state index is 5.62. The Labute approximate surface area is 146 Å². The van der Waals surface area contributed by atoms with Crippen LogP contribution in [0.1, 0.15) is 20.3 Å². The summed E-state index contributed by atoms with van der Waals surface area (Å²) in [6.07, 6.45) is 1.01. The van der Waals surface area contributed by atoms with Gasteiger partial charge in [-0.3, -0.25) is 4.99 Å². The second kappa shape index (κ2) is 10.2. The van der Waals surface area contributed by atoms with Gasteiger partial charge in [-0.15, -0.1) is 0 Å². The molecule has 0 unspecified atom stereocenters. The van der Waals surface area contributed by atoms with Crippen molar-refractivity contribution < 1.29 is 4.74 Å². The van der Waals surface area contributed by atoms with Gasteiger partial charge in [0.1, 0.15) is 0 Å². The minimum Gasteiger partial charge on any atom is -0.381 e. The number of hydrogen-bond donors (Lipinski definition) is 1. The SMILES string of the molecule is CN=C(NCCCOCC(C)C)N1CCN(c2ccccc2)CC1. The standard InChI is InChI=1S/C19H32N4O/c1-17(2)16-24-15-7-10-21-19(20-3)23-13-11-22(12-14-23)18-8-5-4-6-9-18/h4-6,8-9,17H,7,10-16H2,1-3H3,(H,20,21). The molecule has 5 nitrogen and oxygen atoms in total. The van der Waals surface area contributed by atoms with E-state index in [0.717, 1.165) is 58.3 Å². The van der Waals surface area contributed by atoms with E-state index in [1.807, 2.05) is 7.05 Å². The van der Waals surface area contributed by atoms with Crippen molar-refractivity contribution in [3.8, 4) is 0 Å². The van der Waals surface area contributed by atoms with Crippen molar-refractivity contribution in [2.45, 2.75) is 20.3 Å². The molecular weight excluding hydrogens is 300 g/mol. The van der Waals surface area contributed by atoms with Crippen LogP contribution < -0.4 is 10.2 Å². The number of anilines is 1. The fraction of sp³-hybridized carbons (Fsp3) is 0.632. The zero-order valence-corrected chi connectivity index (χ0v) is 15.4. The van der Waals surface area contributed by atoms with Gasteiger partial charge in [-0.1, -0.05) is 32.0 Å². The Bertz CT molecular complexity index is 481. The molecule has 1 aromatic rings. The Morgan fingerprint density at radius 3 is 2.50 bits per heavy atom. The van der Waals surface area contributed by atoms with E-state index in [1.54, 1.807) is 0 Å². The molecule has 1 aliphatic heterocycles. The highest BCUT2D eigenvalue weighted by atomic mass is 16.5. The summed E-state index contributed by atoms with van der Waals surface area (Å²) in [7, 11) is 1.86. The van der Waals surface area contributed by atoms with Crippen LogP contribution in [0.5, 0.6) is 0 Å². The average Bonchev–Trinajstić information content (AvgIpc) is 2.62. The maximum absolute atomic E-state index is 5.62. The molecular formula is C19H32N4O. The van der Waals surface area contributed by atoms with Crippen LogP contribution in [-0.2, 0) is 4.74 Å². The van der Waals surface area contributed by atoms with Crippen molar-refractivity contribution in [2.24, 2.45) is 10.9 Å². The molecule has 5 heteroatoms. The molecule has 0 spiro atoms. The van der Waals surface area contributed by atoms with Crippen LogP contribution in [0.3, 0.4) is 0 Å². The summed E-state index contributed by atoms with van der Waals surface area (Å²) in [5.74, 6) is 1.61. The minimum absolute atomic E-state index is 0.603. The van der Waals surface area contributed by atoms with E-state index in [-0.39, 0.29) is 0 Å². The van der Waals surface area contributed by atoms with E-state index in [9.17, 15) is 0 Å². The Balaban J connectivity index is 1.68. The highest BCUT2D eigenvalue weighted by Crippen LogP contribution is 2.15. The average molecular weight is 332 g/mol. The van der Waals surface area contributed by atoms with E-state index in [1.165, 1.54) is 5.69 Å². The van der Waals surface area contributed by atoms with Gasteiger partial charge in [-0.2, -0.15) is 0 Å². The number of nitrogens with zero attached hydrogens (tertiary/aromatic N) is 3. The molecule has 1 N–H and O–H groups in total. The smallest absolute Gasteiger partial charge is 0.193 e. The zero-order chi connectivity index (χ0) is 17.2. The molecule has 1 aromatic carbocycles. The monoisotopic (exact) mass is 332 g/mol. The topological polar surface area (TPSA) is 40.1 Å². The van der Waals surface area contributed by atoms with Crippen molar-refractivity contribution in [3.63, 3.8) is 0 Å². The summed E-state index contributed by atoms with van der Waals surface area (Å²) in [6.45, 7) is 11.0. The molecule has 134 valence electrons. The van der Waals surface area contributed by atoms with Crippen LogP contribution in [-0.4, -0.2) is 63.8 Å². The fourth-order valence-electron chi connectivity index (χ4n) is 2.84. The van der Waals surface area contributed by atoms with Gasteiger partial charge in [0.05, 0.1) is 0 Å². The number of benzene rings is 1. The number of para-hydroxylation sites is 1. The largest absolute Gasteiger partial charge is 0.381 e. The van der Waals surface area contributed by atoms with Crippen molar-refractivity contribution in [1.29, 1.82) is 0 Å². The van der Waals surface area contributed by atoms with Gasteiger partial charge in [-0.25, -0.2) is 0 Å². The van der Waals surface area contributed by atoms with E-state index in [4.69, 9.17) is 4.74 Å². The third kappa shape index (κ3) is 6.04. The molecule has 0 aromatic heterocycles. The van der Waals surface area contributed by atoms with Gasteiger partial charge >= 0.3 is 0 Å². The Hall–Kier alpha value is -1.75. The summed E-state index contributed by atoms with van der Waals surface area (Å²) < 4.78 is 5.62. The lowest BCUT2D eigenvalue weighted by molar-refractivity contribution is 0.108. The highest BCUT2D eigenvalue weighted by Gasteiger charge is 2.19. The first-order chi connectivity index (χ1) is 11.7. The summed E-state index contributed by atoms with van der Waals surface area (Å²) in [6, 6.07) is 10.6. The lowest BCUT2D eigenvalue weighted by atomic mass is 10.2. The van der Waals surface area contributed by atoms with Crippen molar-refractivity contribution >= 4 is 11.6 Å². The third-order valence-corrected chi connectivity index (χ3v) is 4.11. The molecule has 0 aliphatic carbocycles. The summed E-state index contributed by atoms with van der Waals surface area (Å²) in [5, 5.41) is 3.46. The molecule has 0 atom stereocenters. The normalized spacial score (nSPS) is 15.9. The molecule has 1 saturated heterocycles. The molecule has 1 heterocycles. The van der Waals surface area contributed by atoms with Crippen LogP contribution in [0.2, 0.25) is 0 Å². The predicted octanol–water partition coefficient (Wildman–Crippen LogP) is 2.45. The van der Waals surface area contributed by atoms with Gasteiger partial charge in [0.15, 0.2) is 5.96 Å². The van der Waals surface area contributed by atoms with E-state index in [0.29, 0.717) is 5.92 Å². The number of piperazine rings is 1. The molecule has 0 radical (unpaired) electrons. The first kappa shape index (κ1) is 18.6. The first-order valence-electron chi connectivity index (χ1n) is 9.04. The van der Waals surface area contributed by atoms with Gasteiger partial charge < -0.3 is 19.9 Å². The van der Waals surface area contributed by atoms with Gasteiger partial charge in [0.2, 0.25) is 0 Å². The number of ether oxygens (including phenoxy) is 1. The molecule has 2 rings (SSSR count). The first-order valence-corrected chi connectivity index (χ1v) is 9.04. The summed E-state index contributed by atoms with van der Waals surface area (Å²) in [5.41, 5.74) is 1.31. The van der Waals surface area contributed by atoms with Crippen molar-refractivity contribution in [2.75, 3.05) is 57.9 Å². The lowest BCUT2D eigenvalue weighted by Gasteiger charge is -2.37. The van der Waals surface area contributed by atoms with Gasteiger partial charge in [0, 0.05) is 58.7 Å². The molecule has 24 heavy (non-hydrogen) atoms. The van der Waals surface area contributed by atoms with E-state index < -0.39 is 0 Å². The van der Waals surface area contributed by atoms with Crippen LogP contribution in [0, 0.1) is 5.92 Å². The summed E-state index contributed by atoms with van der Waals surface area (Å²) in [4.78, 5) is 9.20. The van der Waals surface area contributed by atoms with Crippen molar-refractivity contribution in [3.05, 3.63) is 30.3 Å². The zero-order valence-electron chi connectivity index (χ0n) is 15.4. The Morgan fingerprint density at radius 2 is 1.88 bits per heavy atom. The van der Waals surface area contributed by atoms with Crippen LogP contribution >= 0.6 is 0 Å². The van der Waals surface area contributed by atoms with E-state index >= 15 is 0 Å². The molecule has 0 amide bonds. The third-order valence-electron chi connectivity index (χ3n) is 4.11. The number of nitrogens with one attached hydrogen (secondary N) is 1. The molecule has 1 aliphatic rings.